The van der Waals surface area contributed by atoms with Crippen molar-refractivity contribution < 1.29 is 23.6 Å². The molecule has 23 heavy (non-hydrogen) atoms. The first-order valence-corrected chi connectivity index (χ1v) is 6.38. The third-order valence-electron chi connectivity index (χ3n) is 2.85. The molecular weight excluding hydrogens is 307 g/mol. The van der Waals surface area contributed by atoms with E-state index < -0.39 is 11.8 Å². The van der Waals surface area contributed by atoms with E-state index in [9.17, 15) is 9.18 Å². The van der Waals surface area contributed by atoms with Crippen LogP contribution in [0.15, 0.2) is 41.2 Å². The number of hydrogen-bond acceptors (Lipinski definition) is 7. The third-order valence-corrected chi connectivity index (χ3v) is 2.85. The Bertz CT molecular complexity index is 818. The predicted octanol–water partition coefficient (Wildman–Crippen LogP) is 1.94. The molecule has 0 aliphatic rings. The lowest BCUT2D eigenvalue weighted by molar-refractivity contribution is 0.0689. The SMILES string of the molecule is O=C(O)c1ccc(OCc2conc2-c2ccc(F)cn2)nn1. The van der Waals surface area contributed by atoms with Gasteiger partial charge in [-0.2, -0.15) is 0 Å². The maximum Gasteiger partial charge on any atom is 0.356 e. The van der Waals surface area contributed by atoms with E-state index in [4.69, 9.17) is 14.4 Å². The molecule has 3 aromatic heterocycles. The molecular formula is C14H9FN4O4. The number of rotatable bonds is 5. The molecule has 3 aromatic rings. The summed E-state index contributed by atoms with van der Waals surface area (Å²) in [7, 11) is 0. The minimum Gasteiger partial charge on any atom is -0.476 e. The Morgan fingerprint density at radius 1 is 1.26 bits per heavy atom. The van der Waals surface area contributed by atoms with Crippen LogP contribution in [0.4, 0.5) is 4.39 Å². The maximum atomic E-state index is 12.9. The zero-order valence-corrected chi connectivity index (χ0v) is 11.5. The number of pyridine rings is 1. The Kier molecular flexibility index (Phi) is 3.91. The summed E-state index contributed by atoms with van der Waals surface area (Å²) in [6.45, 7) is 0.0546. The largest absolute Gasteiger partial charge is 0.476 e. The van der Waals surface area contributed by atoms with Gasteiger partial charge in [-0.1, -0.05) is 5.16 Å². The second-order valence-electron chi connectivity index (χ2n) is 4.40. The molecule has 0 atom stereocenters. The number of hydrogen-bond donors (Lipinski definition) is 1. The fourth-order valence-corrected chi connectivity index (χ4v) is 1.75. The third kappa shape index (κ3) is 3.28. The molecule has 9 heteroatoms. The Hall–Kier alpha value is -3.36. The number of halogens is 1. The fraction of sp³-hybridized carbons (Fsp3) is 0.0714. The van der Waals surface area contributed by atoms with E-state index in [0.29, 0.717) is 17.0 Å². The van der Waals surface area contributed by atoms with Crippen molar-refractivity contribution in [3.63, 3.8) is 0 Å². The molecule has 0 unspecified atom stereocenters. The van der Waals surface area contributed by atoms with Crippen LogP contribution in [0.1, 0.15) is 16.1 Å². The van der Waals surface area contributed by atoms with E-state index in [0.717, 1.165) is 6.20 Å². The highest BCUT2D eigenvalue weighted by Crippen LogP contribution is 2.21. The van der Waals surface area contributed by atoms with Crippen LogP contribution in [0.25, 0.3) is 11.4 Å². The molecule has 3 rings (SSSR count). The zero-order chi connectivity index (χ0) is 16.2. The highest BCUT2D eigenvalue weighted by molar-refractivity contribution is 5.84. The number of nitrogens with zero attached hydrogens (tertiary/aromatic N) is 4. The van der Waals surface area contributed by atoms with Crippen LogP contribution in [0.5, 0.6) is 5.88 Å². The lowest BCUT2D eigenvalue weighted by Gasteiger charge is -2.04. The second kappa shape index (κ2) is 6.18. The number of ether oxygens (including phenoxy) is 1. The van der Waals surface area contributed by atoms with E-state index in [1.165, 1.54) is 30.5 Å². The van der Waals surface area contributed by atoms with Gasteiger partial charge in [0.1, 0.15) is 24.4 Å². The molecule has 8 nitrogen and oxygen atoms in total. The van der Waals surface area contributed by atoms with Gasteiger partial charge < -0.3 is 14.4 Å². The molecule has 116 valence electrons. The van der Waals surface area contributed by atoms with Crippen molar-refractivity contribution in [2.24, 2.45) is 0 Å². The Morgan fingerprint density at radius 2 is 2.13 bits per heavy atom. The van der Waals surface area contributed by atoms with Gasteiger partial charge in [0.2, 0.25) is 5.88 Å². The van der Waals surface area contributed by atoms with E-state index in [1.54, 1.807) is 0 Å². The summed E-state index contributed by atoms with van der Waals surface area (Å²) >= 11 is 0. The van der Waals surface area contributed by atoms with Crippen molar-refractivity contribution in [2.45, 2.75) is 6.61 Å². The van der Waals surface area contributed by atoms with E-state index in [1.807, 2.05) is 0 Å². The molecule has 0 aliphatic carbocycles. The molecule has 0 saturated heterocycles. The van der Waals surface area contributed by atoms with E-state index >= 15 is 0 Å². The Balaban J connectivity index is 1.73. The number of carboxylic acids is 1. The van der Waals surface area contributed by atoms with Crippen LogP contribution in [0.3, 0.4) is 0 Å². The summed E-state index contributed by atoms with van der Waals surface area (Å²) in [6.07, 6.45) is 2.45. The van der Waals surface area contributed by atoms with Gasteiger partial charge in [0.15, 0.2) is 5.69 Å². The highest BCUT2D eigenvalue weighted by Gasteiger charge is 2.13. The van der Waals surface area contributed by atoms with Crippen LogP contribution >= 0.6 is 0 Å². The summed E-state index contributed by atoms with van der Waals surface area (Å²) in [5, 5.41) is 19.7. The maximum absolute atomic E-state index is 12.9. The molecule has 1 N–H and O–H groups in total. The topological polar surface area (TPSA) is 111 Å². The number of aromatic nitrogens is 4. The standard InChI is InChI=1S/C14H9FN4O4/c15-9-1-2-10(16-5-9)13-8(7-23-19-13)6-22-12-4-3-11(14(20)21)17-18-12/h1-5,7H,6H2,(H,20,21). The van der Waals surface area contributed by atoms with E-state index in [-0.39, 0.29) is 18.2 Å². The average Bonchev–Trinajstić information content (AvgIpc) is 3.02. The first-order valence-electron chi connectivity index (χ1n) is 6.38. The first kappa shape index (κ1) is 14.6. The van der Waals surface area contributed by atoms with E-state index in [2.05, 4.69) is 20.3 Å². The fourth-order valence-electron chi connectivity index (χ4n) is 1.75. The molecule has 0 spiro atoms. The van der Waals surface area contributed by atoms with Crippen molar-refractivity contribution in [1.29, 1.82) is 0 Å². The molecule has 0 aliphatic heterocycles. The average molecular weight is 316 g/mol. The van der Waals surface area contributed by atoms with Gasteiger partial charge in [0.05, 0.1) is 17.5 Å². The summed E-state index contributed by atoms with van der Waals surface area (Å²) < 4.78 is 23.2. The summed E-state index contributed by atoms with van der Waals surface area (Å²) in [5.74, 6) is -1.48. The van der Waals surface area contributed by atoms with Gasteiger partial charge in [-0.05, 0) is 18.2 Å². The molecule has 0 amide bonds. The molecule has 3 heterocycles. The Morgan fingerprint density at radius 3 is 2.78 bits per heavy atom. The normalized spacial score (nSPS) is 10.5. The van der Waals surface area contributed by atoms with Crippen molar-refractivity contribution in [3.8, 4) is 17.3 Å². The smallest absolute Gasteiger partial charge is 0.356 e. The summed E-state index contributed by atoms with van der Waals surface area (Å²) in [5.41, 5.74) is 1.25. The lowest BCUT2D eigenvalue weighted by Crippen LogP contribution is -2.04. The molecule has 0 bridgehead atoms. The second-order valence-corrected chi connectivity index (χ2v) is 4.40. The molecule has 0 radical (unpaired) electrons. The minimum absolute atomic E-state index is 0.0546. The molecule has 0 aromatic carbocycles. The van der Waals surface area contributed by atoms with Gasteiger partial charge >= 0.3 is 5.97 Å². The van der Waals surface area contributed by atoms with Crippen LogP contribution in [0, 0.1) is 5.82 Å². The van der Waals surface area contributed by atoms with Crippen molar-refractivity contribution >= 4 is 5.97 Å². The minimum atomic E-state index is -1.17. The quantitative estimate of drug-likeness (QED) is 0.760. The predicted molar refractivity (Wildman–Crippen MR) is 73.0 cm³/mol. The zero-order valence-electron chi connectivity index (χ0n) is 11.5. The van der Waals surface area contributed by atoms with Gasteiger partial charge in [-0.25, -0.2) is 9.18 Å². The number of aromatic carboxylic acids is 1. The van der Waals surface area contributed by atoms with Crippen molar-refractivity contribution in [3.05, 3.63) is 53.8 Å². The molecule has 0 fully saturated rings. The van der Waals surface area contributed by atoms with Crippen molar-refractivity contribution in [2.75, 3.05) is 0 Å². The number of carboxylic acid groups (broad SMARTS) is 1. The van der Waals surface area contributed by atoms with Crippen LogP contribution in [-0.2, 0) is 6.61 Å². The van der Waals surface area contributed by atoms with Crippen LogP contribution in [0.2, 0.25) is 0 Å². The van der Waals surface area contributed by atoms with Gasteiger partial charge in [0, 0.05) is 6.07 Å². The van der Waals surface area contributed by atoms with Crippen molar-refractivity contribution in [1.82, 2.24) is 20.3 Å². The van der Waals surface area contributed by atoms with Crippen LogP contribution < -0.4 is 4.74 Å². The Labute approximate surface area is 128 Å². The van der Waals surface area contributed by atoms with Crippen LogP contribution in [-0.4, -0.2) is 31.4 Å². The van der Waals surface area contributed by atoms with Gasteiger partial charge in [-0.3, -0.25) is 4.98 Å². The lowest BCUT2D eigenvalue weighted by atomic mass is 10.2. The van der Waals surface area contributed by atoms with Gasteiger partial charge in [0.25, 0.3) is 0 Å². The summed E-state index contributed by atoms with van der Waals surface area (Å²) in [4.78, 5) is 14.6. The number of carbonyl (C=O) groups is 1. The van der Waals surface area contributed by atoms with Gasteiger partial charge in [-0.15, -0.1) is 10.2 Å². The first-order chi connectivity index (χ1) is 11.1. The highest BCUT2D eigenvalue weighted by atomic mass is 19.1. The summed E-state index contributed by atoms with van der Waals surface area (Å²) in [6, 6.07) is 5.40. The molecule has 0 saturated carbocycles. The monoisotopic (exact) mass is 316 g/mol.